The van der Waals surface area contributed by atoms with E-state index in [9.17, 15) is 0 Å². The summed E-state index contributed by atoms with van der Waals surface area (Å²) in [4.78, 5) is 0. The molecule has 0 radical (unpaired) electrons. The van der Waals surface area contributed by atoms with Crippen LogP contribution in [0.5, 0.6) is 0 Å². The number of hydrogen-bond donors (Lipinski definition) is 1. The molecular weight excluding hydrogens is 150 g/mol. The third-order valence-corrected chi connectivity index (χ3v) is 2.03. The Morgan fingerprint density at radius 2 is 2.17 bits per heavy atom. The zero-order valence-corrected chi connectivity index (χ0v) is 6.77. The summed E-state index contributed by atoms with van der Waals surface area (Å²) in [5.41, 5.74) is 1.05. The summed E-state index contributed by atoms with van der Waals surface area (Å²) in [5, 5.41) is 10.4. The standard InChI is InChI=1S/C9H11N3/c1-2-4-8(3-1)5-6-9-7-10-12-11-9/h1-4,7-8H,5-6H2,(H,10,11,12). The molecule has 0 unspecified atom stereocenters. The molecule has 3 heteroatoms. The van der Waals surface area contributed by atoms with Gasteiger partial charge in [-0.05, 0) is 18.8 Å². The molecule has 12 heavy (non-hydrogen) atoms. The van der Waals surface area contributed by atoms with Crippen LogP contribution >= 0.6 is 0 Å². The molecule has 1 aromatic rings. The maximum atomic E-state index is 3.99. The number of hydrogen-bond acceptors (Lipinski definition) is 2. The Balaban J connectivity index is 1.83. The van der Waals surface area contributed by atoms with E-state index in [4.69, 9.17) is 0 Å². The summed E-state index contributed by atoms with van der Waals surface area (Å²) in [6.45, 7) is 0. The molecule has 1 N–H and O–H groups in total. The van der Waals surface area contributed by atoms with Crippen molar-refractivity contribution in [1.82, 2.24) is 15.4 Å². The van der Waals surface area contributed by atoms with Crippen molar-refractivity contribution in [3.63, 3.8) is 0 Å². The Kier molecular flexibility index (Phi) is 2.03. The van der Waals surface area contributed by atoms with Crippen LogP contribution in [0.3, 0.4) is 0 Å². The van der Waals surface area contributed by atoms with Gasteiger partial charge in [-0.3, -0.25) is 0 Å². The average molecular weight is 161 g/mol. The fraction of sp³-hybridized carbons (Fsp3) is 0.333. The first-order valence-electron chi connectivity index (χ1n) is 4.15. The molecule has 0 saturated heterocycles. The second-order valence-electron chi connectivity index (χ2n) is 2.93. The largest absolute Gasteiger partial charge is 0.198 e. The quantitative estimate of drug-likeness (QED) is 0.729. The van der Waals surface area contributed by atoms with Crippen LogP contribution in [0.25, 0.3) is 0 Å². The number of rotatable bonds is 3. The minimum atomic E-state index is 0.599. The van der Waals surface area contributed by atoms with Crippen molar-refractivity contribution in [2.24, 2.45) is 5.92 Å². The molecule has 0 fully saturated rings. The molecule has 1 aliphatic carbocycles. The predicted octanol–water partition coefficient (Wildman–Crippen LogP) is 1.48. The Labute approximate surface area is 71.2 Å². The molecule has 1 aliphatic rings. The van der Waals surface area contributed by atoms with E-state index >= 15 is 0 Å². The van der Waals surface area contributed by atoms with Crippen LogP contribution in [0.15, 0.2) is 30.5 Å². The molecule has 0 aromatic carbocycles. The van der Waals surface area contributed by atoms with E-state index < -0.39 is 0 Å². The van der Waals surface area contributed by atoms with E-state index in [0.29, 0.717) is 5.92 Å². The topological polar surface area (TPSA) is 41.6 Å². The minimum Gasteiger partial charge on any atom is -0.198 e. The molecule has 1 aromatic heterocycles. The maximum absolute atomic E-state index is 3.99. The monoisotopic (exact) mass is 161 g/mol. The lowest BCUT2D eigenvalue weighted by atomic mass is 10.0. The Bertz CT molecular complexity index is 273. The lowest BCUT2D eigenvalue weighted by Gasteiger charge is -2.00. The van der Waals surface area contributed by atoms with E-state index in [2.05, 4.69) is 39.7 Å². The van der Waals surface area contributed by atoms with Crippen molar-refractivity contribution in [2.75, 3.05) is 0 Å². The number of H-pyrrole nitrogens is 1. The smallest absolute Gasteiger partial charge is 0.0825 e. The maximum Gasteiger partial charge on any atom is 0.0825 e. The number of aromatic amines is 1. The molecule has 0 amide bonds. The molecule has 1 heterocycles. The van der Waals surface area contributed by atoms with Gasteiger partial charge in [0.1, 0.15) is 0 Å². The van der Waals surface area contributed by atoms with Crippen molar-refractivity contribution in [2.45, 2.75) is 12.8 Å². The number of nitrogens with one attached hydrogen (secondary N) is 1. The van der Waals surface area contributed by atoms with Gasteiger partial charge in [-0.1, -0.05) is 24.3 Å². The zero-order chi connectivity index (χ0) is 8.23. The lowest BCUT2D eigenvalue weighted by Crippen LogP contribution is -1.93. The molecule has 0 bridgehead atoms. The highest BCUT2D eigenvalue weighted by Gasteiger charge is 2.04. The minimum absolute atomic E-state index is 0.599. The van der Waals surface area contributed by atoms with Crippen molar-refractivity contribution in [3.8, 4) is 0 Å². The summed E-state index contributed by atoms with van der Waals surface area (Å²) in [6.07, 6.45) is 12.5. The third kappa shape index (κ3) is 1.61. The van der Waals surface area contributed by atoms with Gasteiger partial charge in [0.05, 0.1) is 11.9 Å². The predicted molar refractivity (Wildman–Crippen MR) is 46.5 cm³/mol. The van der Waals surface area contributed by atoms with Crippen molar-refractivity contribution < 1.29 is 0 Å². The van der Waals surface area contributed by atoms with Crippen LogP contribution in [-0.2, 0) is 6.42 Å². The van der Waals surface area contributed by atoms with Crippen LogP contribution in [0, 0.1) is 5.92 Å². The van der Waals surface area contributed by atoms with Crippen LogP contribution < -0.4 is 0 Å². The van der Waals surface area contributed by atoms with Gasteiger partial charge < -0.3 is 0 Å². The molecule has 3 nitrogen and oxygen atoms in total. The van der Waals surface area contributed by atoms with Crippen LogP contribution in [0.4, 0.5) is 0 Å². The molecule has 0 spiro atoms. The van der Waals surface area contributed by atoms with Gasteiger partial charge in [-0.25, -0.2) is 0 Å². The van der Waals surface area contributed by atoms with E-state index in [1.54, 1.807) is 6.20 Å². The highest BCUT2D eigenvalue weighted by atomic mass is 15.3. The summed E-state index contributed by atoms with van der Waals surface area (Å²) in [7, 11) is 0. The summed E-state index contributed by atoms with van der Waals surface area (Å²) in [6, 6.07) is 0. The normalized spacial score (nSPS) is 16.0. The van der Waals surface area contributed by atoms with Crippen molar-refractivity contribution >= 4 is 0 Å². The van der Waals surface area contributed by atoms with Crippen LogP contribution in [0.1, 0.15) is 12.1 Å². The van der Waals surface area contributed by atoms with Gasteiger partial charge in [0.15, 0.2) is 0 Å². The number of nitrogens with zero attached hydrogens (tertiary/aromatic N) is 2. The first-order valence-corrected chi connectivity index (χ1v) is 4.15. The summed E-state index contributed by atoms with van der Waals surface area (Å²) in [5.74, 6) is 0.599. The zero-order valence-electron chi connectivity index (χ0n) is 6.77. The highest BCUT2D eigenvalue weighted by molar-refractivity contribution is 5.17. The second-order valence-corrected chi connectivity index (χ2v) is 2.93. The number of aryl methyl sites for hydroxylation is 1. The van der Waals surface area contributed by atoms with Crippen LogP contribution in [0.2, 0.25) is 0 Å². The fourth-order valence-corrected chi connectivity index (χ4v) is 1.33. The van der Waals surface area contributed by atoms with Crippen molar-refractivity contribution in [1.29, 1.82) is 0 Å². The van der Waals surface area contributed by atoms with Crippen LogP contribution in [-0.4, -0.2) is 15.4 Å². The Hall–Kier alpha value is -1.38. The lowest BCUT2D eigenvalue weighted by molar-refractivity contribution is 0.701. The summed E-state index contributed by atoms with van der Waals surface area (Å²) >= 11 is 0. The van der Waals surface area contributed by atoms with Gasteiger partial charge >= 0.3 is 0 Å². The number of aromatic nitrogens is 3. The van der Waals surface area contributed by atoms with Gasteiger partial charge in [0, 0.05) is 0 Å². The van der Waals surface area contributed by atoms with E-state index in [1.165, 1.54) is 0 Å². The van der Waals surface area contributed by atoms with E-state index in [1.807, 2.05) is 0 Å². The molecular formula is C9H11N3. The Morgan fingerprint density at radius 3 is 2.83 bits per heavy atom. The number of allylic oxidation sites excluding steroid dienone is 4. The van der Waals surface area contributed by atoms with Gasteiger partial charge in [-0.15, -0.1) is 0 Å². The Morgan fingerprint density at radius 1 is 1.33 bits per heavy atom. The van der Waals surface area contributed by atoms with E-state index in [0.717, 1.165) is 18.5 Å². The SMILES string of the molecule is C1=CC(CCc2cn[nH]n2)C=C1. The third-order valence-electron chi connectivity index (χ3n) is 2.03. The van der Waals surface area contributed by atoms with Crippen molar-refractivity contribution in [3.05, 3.63) is 36.2 Å². The molecule has 2 rings (SSSR count). The van der Waals surface area contributed by atoms with E-state index in [-0.39, 0.29) is 0 Å². The molecule has 0 saturated carbocycles. The van der Waals surface area contributed by atoms with Gasteiger partial charge in [0.25, 0.3) is 0 Å². The summed E-state index contributed by atoms with van der Waals surface area (Å²) < 4.78 is 0. The van der Waals surface area contributed by atoms with Gasteiger partial charge in [0.2, 0.25) is 0 Å². The molecule has 62 valence electrons. The highest BCUT2D eigenvalue weighted by Crippen LogP contribution is 2.14. The fourth-order valence-electron chi connectivity index (χ4n) is 1.33. The first kappa shape index (κ1) is 7.28. The second kappa shape index (κ2) is 3.34. The average Bonchev–Trinajstić information content (AvgIpc) is 2.74. The van der Waals surface area contributed by atoms with Gasteiger partial charge in [-0.2, -0.15) is 15.4 Å². The molecule has 0 atom stereocenters. The first-order chi connectivity index (χ1) is 5.95. The molecule has 0 aliphatic heterocycles.